The highest BCUT2D eigenvalue weighted by atomic mass is 16.4. The fourth-order valence-electron chi connectivity index (χ4n) is 1.72. The molecule has 156 valence electrons. The third-order valence-corrected chi connectivity index (χ3v) is 2.82. The first-order valence-electron chi connectivity index (χ1n) is 7.65. The average Bonchev–Trinajstić information content (AvgIpc) is 2.61. The van der Waals surface area contributed by atoms with Gasteiger partial charge in [0.15, 0.2) is 0 Å². The maximum absolute atomic E-state index is 10.4. The van der Waals surface area contributed by atoms with Crippen molar-refractivity contribution < 1.29 is 54.9 Å². The lowest BCUT2D eigenvalue weighted by Crippen LogP contribution is -2.01. The number of phenols is 2. The maximum atomic E-state index is 10.4. The van der Waals surface area contributed by atoms with Crippen LogP contribution in [-0.4, -0.2) is 66.2 Å². The number of phenolic OH excluding ortho intramolecular Hbond substituents is 2. The molecule has 0 atom stereocenters. The number of aromatic carboxylic acids is 4. The summed E-state index contributed by atoms with van der Waals surface area (Å²) in [5, 5.41) is 59.5. The van der Waals surface area contributed by atoms with Crippen molar-refractivity contribution >= 4 is 23.9 Å². The Balaban J connectivity index is 0.000000477. The molecule has 0 aliphatic rings. The quantitative estimate of drug-likeness (QED) is 0.384. The Bertz CT molecular complexity index is 765. The monoisotopic (exact) mass is 410 g/mol. The Morgan fingerprint density at radius 2 is 0.759 bits per heavy atom. The predicted octanol–water partition coefficient (Wildman–Crippen LogP) is 1.58. The van der Waals surface area contributed by atoms with Crippen LogP contribution in [0.15, 0.2) is 36.4 Å². The molecule has 0 saturated carbocycles. The van der Waals surface area contributed by atoms with Gasteiger partial charge in [-0.2, -0.15) is 0 Å². The van der Waals surface area contributed by atoms with E-state index in [1.807, 2.05) is 0 Å². The summed E-state index contributed by atoms with van der Waals surface area (Å²) in [4.78, 5) is 41.7. The smallest absolute Gasteiger partial charge is 0.335 e. The normalized spacial score (nSPS) is 9.17. The van der Waals surface area contributed by atoms with Gasteiger partial charge in [-0.3, -0.25) is 0 Å². The fourth-order valence-corrected chi connectivity index (χ4v) is 1.72. The molecule has 0 saturated heterocycles. The van der Waals surface area contributed by atoms with Gasteiger partial charge >= 0.3 is 23.9 Å². The van der Waals surface area contributed by atoms with Crippen LogP contribution in [0.1, 0.15) is 48.4 Å². The van der Waals surface area contributed by atoms with Gasteiger partial charge in [0.05, 0.1) is 22.3 Å². The molecule has 0 aliphatic carbocycles. The van der Waals surface area contributed by atoms with Crippen LogP contribution in [0.25, 0.3) is 0 Å². The van der Waals surface area contributed by atoms with E-state index >= 15 is 0 Å². The van der Waals surface area contributed by atoms with Crippen LogP contribution in [0.2, 0.25) is 0 Å². The molecule has 0 aromatic heterocycles. The van der Waals surface area contributed by atoms with Crippen LogP contribution in [0.5, 0.6) is 11.5 Å². The van der Waals surface area contributed by atoms with Crippen LogP contribution in [0.3, 0.4) is 0 Å². The van der Waals surface area contributed by atoms with Crippen molar-refractivity contribution in [1.82, 2.24) is 0 Å². The van der Waals surface area contributed by atoms with Crippen molar-refractivity contribution in [2.45, 2.75) is 6.92 Å². The molecule has 7 N–H and O–H groups in total. The fraction of sp³-hybridized carbons (Fsp3) is 0.111. The van der Waals surface area contributed by atoms with Gasteiger partial charge < -0.3 is 35.7 Å². The van der Waals surface area contributed by atoms with E-state index in [1.54, 1.807) is 6.92 Å². The predicted molar refractivity (Wildman–Crippen MR) is 96.8 cm³/mol. The summed E-state index contributed by atoms with van der Waals surface area (Å²) in [6.45, 7) is 1.93. The molecule has 0 unspecified atom stereocenters. The van der Waals surface area contributed by atoms with Gasteiger partial charge in [0.1, 0.15) is 11.5 Å². The Labute approximate surface area is 163 Å². The molecule has 0 amide bonds. The molecular formula is C18H18O11. The number of aliphatic hydroxyl groups is 1. The number of aliphatic hydroxyl groups excluding tert-OH is 1. The van der Waals surface area contributed by atoms with Crippen LogP contribution >= 0.6 is 0 Å². The zero-order chi connectivity index (χ0) is 22.7. The minimum atomic E-state index is -1.28. The highest BCUT2D eigenvalue weighted by Crippen LogP contribution is 2.16. The first-order valence-corrected chi connectivity index (χ1v) is 7.65. The van der Waals surface area contributed by atoms with E-state index in [9.17, 15) is 19.2 Å². The molecule has 2 aromatic carbocycles. The van der Waals surface area contributed by atoms with Crippen molar-refractivity contribution in [1.29, 1.82) is 0 Å². The Morgan fingerprint density at radius 1 is 0.586 bits per heavy atom. The molecular weight excluding hydrogens is 392 g/mol. The number of carboxylic acids is 4. The number of hydrogen-bond acceptors (Lipinski definition) is 7. The van der Waals surface area contributed by atoms with Crippen molar-refractivity contribution in [3.8, 4) is 11.5 Å². The Hall–Kier alpha value is -4.12. The molecule has 2 aromatic rings. The number of rotatable bonds is 4. The van der Waals surface area contributed by atoms with Crippen LogP contribution in [-0.2, 0) is 0 Å². The number of aromatic hydroxyl groups is 2. The molecule has 0 heterocycles. The van der Waals surface area contributed by atoms with Crippen molar-refractivity contribution in [2.24, 2.45) is 0 Å². The molecule has 11 nitrogen and oxygen atoms in total. The van der Waals surface area contributed by atoms with Crippen LogP contribution < -0.4 is 0 Å². The second-order valence-electron chi connectivity index (χ2n) is 5.07. The summed E-state index contributed by atoms with van der Waals surface area (Å²) in [5.41, 5.74) is -1.01. The topological polar surface area (TPSA) is 210 Å². The van der Waals surface area contributed by atoms with Crippen LogP contribution in [0, 0.1) is 0 Å². The lowest BCUT2D eigenvalue weighted by molar-refractivity contribution is 0.0675. The van der Waals surface area contributed by atoms with Gasteiger partial charge in [0, 0.05) is 6.61 Å². The molecule has 2 rings (SSSR count). The molecule has 0 aliphatic heterocycles. The lowest BCUT2D eigenvalue weighted by atomic mass is 10.1. The summed E-state index contributed by atoms with van der Waals surface area (Å²) in [7, 11) is 0. The van der Waals surface area contributed by atoms with Crippen molar-refractivity contribution in [2.75, 3.05) is 6.61 Å². The molecule has 0 radical (unpaired) electrons. The molecule has 0 bridgehead atoms. The highest BCUT2D eigenvalue weighted by Gasteiger charge is 2.11. The molecule has 29 heavy (non-hydrogen) atoms. The van der Waals surface area contributed by atoms with E-state index in [0.29, 0.717) is 0 Å². The standard InChI is InChI=1S/2C8H6O5.C2H6O/c2*9-6-2-4(7(10)11)1-5(3-6)8(12)13;1-2-3/h2*1-3,9H,(H,10,11)(H,12,13);3H,2H2,1H3. The summed E-state index contributed by atoms with van der Waals surface area (Å²) < 4.78 is 0. The van der Waals surface area contributed by atoms with Gasteiger partial charge in [-0.05, 0) is 43.3 Å². The van der Waals surface area contributed by atoms with Gasteiger partial charge in [-0.15, -0.1) is 0 Å². The van der Waals surface area contributed by atoms with Crippen LogP contribution in [0.4, 0.5) is 0 Å². The number of carbonyl (C=O) groups is 4. The summed E-state index contributed by atoms with van der Waals surface area (Å²) in [6.07, 6.45) is 0. The largest absolute Gasteiger partial charge is 0.508 e. The first kappa shape index (κ1) is 24.9. The third-order valence-electron chi connectivity index (χ3n) is 2.82. The van der Waals surface area contributed by atoms with Gasteiger partial charge in [0.2, 0.25) is 0 Å². The first-order chi connectivity index (χ1) is 13.4. The van der Waals surface area contributed by atoms with Gasteiger partial charge in [0.25, 0.3) is 0 Å². The summed E-state index contributed by atoms with van der Waals surface area (Å²) >= 11 is 0. The van der Waals surface area contributed by atoms with E-state index in [-0.39, 0.29) is 40.4 Å². The van der Waals surface area contributed by atoms with E-state index in [0.717, 1.165) is 36.4 Å². The zero-order valence-corrected chi connectivity index (χ0v) is 14.9. The average molecular weight is 410 g/mol. The number of benzene rings is 2. The second-order valence-corrected chi connectivity index (χ2v) is 5.07. The Kier molecular flexibility index (Phi) is 9.92. The van der Waals surface area contributed by atoms with Gasteiger partial charge in [-0.25, -0.2) is 19.2 Å². The number of hydrogen-bond donors (Lipinski definition) is 7. The zero-order valence-electron chi connectivity index (χ0n) is 14.9. The van der Waals surface area contributed by atoms with E-state index in [1.165, 1.54) is 0 Å². The highest BCUT2D eigenvalue weighted by molar-refractivity contribution is 5.95. The minimum Gasteiger partial charge on any atom is -0.508 e. The van der Waals surface area contributed by atoms with E-state index in [2.05, 4.69) is 0 Å². The molecule has 0 fully saturated rings. The molecule has 0 spiro atoms. The van der Waals surface area contributed by atoms with E-state index in [4.69, 9.17) is 35.7 Å². The van der Waals surface area contributed by atoms with Gasteiger partial charge in [-0.1, -0.05) is 0 Å². The number of carboxylic acid groups (broad SMARTS) is 4. The second kappa shape index (κ2) is 11.6. The SMILES string of the molecule is CCO.O=C(O)c1cc(O)cc(C(=O)O)c1.O=C(O)c1cc(O)cc(C(=O)O)c1. The lowest BCUT2D eigenvalue weighted by Gasteiger charge is -1.98. The van der Waals surface area contributed by atoms with Crippen molar-refractivity contribution in [3.63, 3.8) is 0 Å². The summed E-state index contributed by atoms with van der Waals surface area (Å²) in [6, 6.07) is 5.88. The maximum Gasteiger partial charge on any atom is 0.335 e. The third kappa shape index (κ3) is 8.88. The molecule has 11 heteroatoms. The summed E-state index contributed by atoms with van der Waals surface area (Å²) in [5.74, 6) is -5.87. The minimum absolute atomic E-state index is 0.250. The van der Waals surface area contributed by atoms with Crippen molar-refractivity contribution in [3.05, 3.63) is 58.7 Å². The van der Waals surface area contributed by atoms with E-state index < -0.39 is 23.9 Å². The Morgan fingerprint density at radius 3 is 0.897 bits per heavy atom.